The van der Waals surface area contributed by atoms with E-state index in [0.29, 0.717) is 12.5 Å². The van der Waals surface area contributed by atoms with Gasteiger partial charge in [-0.1, -0.05) is 23.7 Å². The number of aromatic nitrogens is 1. The van der Waals surface area contributed by atoms with Crippen molar-refractivity contribution in [3.05, 3.63) is 50.9 Å². The molecule has 1 aliphatic carbocycles. The Morgan fingerprint density at radius 2 is 2.19 bits per heavy atom. The summed E-state index contributed by atoms with van der Waals surface area (Å²) in [5.41, 5.74) is 2.25. The summed E-state index contributed by atoms with van der Waals surface area (Å²) in [6, 6.07) is 7.79. The number of nitrogens with one attached hydrogen (secondary N) is 1. The van der Waals surface area contributed by atoms with Gasteiger partial charge in [0.05, 0.1) is 5.01 Å². The number of thiazole rings is 1. The first-order valence-corrected chi connectivity index (χ1v) is 8.33. The molecular weight excluding hydrogens is 304 g/mol. The highest BCUT2D eigenvalue weighted by Gasteiger charge is 2.43. The van der Waals surface area contributed by atoms with Crippen LogP contribution >= 0.6 is 22.9 Å². The lowest BCUT2D eigenvalue weighted by molar-refractivity contribution is -0.122. The minimum atomic E-state index is 0.115. The fourth-order valence-corrected chi connectivity index (χ4v) is 3.41. The van der Waals surface area contributed by atoms with E-state index in [0.717, 1.165) is 28.6 Å². The number of benzene rings is 1. The van der Waals surface area contributed by atoms with Gasteiger partial charge < -0.3 is 5.32 Å². The molecule has 1 heterocycles. The van der Waals surface area contributed by atoms with Crippen molar-refractivity contribution in [1.82, 2.24) is 10.3 Å². The number of carbonyl (C=O) groups excluding carboxylic acids is 1. The van der Waals surface area contributed by atoms with E-state index < -0.39 is 0 Å². The standard InChI is InChI=1S/C16H17ClN2OS/c1-10-9-21-15(19-10)6-7-18-16(20)14-8-13(14)11-2-4-12(17)5-3-11/h2-5,9,13-14H,6-8H2,1H3,(H,18,20)/t13-,14-/m1/s1. The van der Waals surface area contributed by atoms with Crippen LogP contribution in [-0.4, -0.2) is 17.4 Å². The molecule has 0 radical (unpaired) electrons. The maximum absolute atomic E-state index is 12.1. The molecule has 2 atom stereocenters. The third-order valence-electron chi connectivity index (χ3n) is 3.73. The van der Waals surface area contributed by atoms with Crippen molar-refractivity contribution in [2.45, 2.75) is 25.7 Å². The lowest BCUT2D eigenvalue weighted by atomic mass is 10.1. The second kappa shape index (κ2) is 6.16. The molecular formula is C16H17ClN2OS. The van der Waals surface area contributed by atoms with E-state index in [-0.39, 0.29) is 11.8 Å². The molecule has 1 aliphatic rings. The zero-order valence-electron chi connectivity index (χ0n) is 11.8. The molecule has 21 heavy (non-hydrogen) atoms. The van der Waals surface area contributed by atoms with Crippen molar-refractivity contribution in [2.75, 3.05) is 6.54 Å². The first kappa shape index (κ1) is 14.5. The van der Waals surface area contributed by atoms with Crippen LogP contribution in [0.3, 0.4) is 0 Å². The Hall–Kier alpha value is -1.39. The summed E-state index contributed by atoms with van der Waals surface area (Å²) in [7, 11) is 0. The molecule has 0 unspecified atom stereocenters. The quantitative estimate of drug-likeness (QED) is 0.915. The predicted molar refractivity (Wildman–Crippen MR) is 85.9 cm³/mol. The molecule has 0 saturated heterocycles. The number of rotatable bonds is 5. The van der Waals surface area contributed by atoms with Crippen LogP contribution in [-0.2, 0) is 11.2 Å². The third kappa shape index (κ3) is 3.63. The number of nitrogens with zero attached hydrogens (tertiary/aromatic N) is 1. The van der Waals surface area contributed by atoms with Crippen LogP contribution in [0.4, 0.5) is 0 Å². The second-order valence-electron chi connectivity index (χ2n) is 5.42. The minimum Gasteiger partial charge on any atom is -0.355 e. The molecule has 1 aromatic heterocycles. The van der Waals surface area contributed by atoms with Crippen LogP contribution in [0.25, 0.3) is 0 Å². The average molecular weight is 321 g/mol. The van der Waals surface area contributed by atoms with Gasteiger partial charge in [0.1, 0.15) is 0 Å². The van der Waals surface area contributed by atoms with Crippen molar-refractivity contribution in [3.63, 3.8) is 0 Å². The Balaban J connectivity index is 1.46. The largest absolute Gasteiger partial charge is 0.355 e. The van der Waals surface area contributed by atoms with E-state index in [9.17, 15) is 4.79 Å². The highest BCUT2D eigenvalue weighted by molar-refractivity contribution is 7.09. The molecule has 1 fully saturated rings. The molecule has 0 bridgehead atoms. The molecule has 3 nitrogen and oxygen atoms in total. The molecule has 2 aromatic rings. The van der Waals surface area contributed by atoms with Crippen LogP contribution in [0.2, 0.25) is 5.02 Å². The third-order valence-corrected chi connectivity index (χ3v) is 5.01. The van der Waals surface area contributed by atoms with Gasteiger partial charge in [0.2, 0.25) is 5.91 Å². The molecule has 1 aromatic carbocycles. The first-order valence-electron chi connectivity index (χ1n) is 7.07. The Morgan fingerprint density at radius 1 is 1.43 bits per heavy atom. The zero-order valence-corrected chi connectivity index (χ0v) is 13.4. The van der Waals surface area contributed by atoms with E-state index in [1.165, 1.54) is 5.56 Å². The van der Waals surface area contributed by atoms with Gasteiger partial charge in [-0.3, -0.25) is 4.79 Å². The highest BCUT2D eigenvalue weighted by atomic mass is 35.5. The van der Waals surface area contributed by atoms with Crippen LogP contribution in [0.1, 0.15) is 28.6 Å². The topological polar surface area (TPSA) is 42.0 Å². The van der Waals surface area contributed by atoms with Crippen molar-refractivity contribution < 1.29 is 4.79 Å². The van der Waals surface area contributed by atoms with Gasteiger partial charge in [-0.15, -0.1) is 11.3 Å². The number of halogens is 1. The van der Waals surface area contributed by atoms with Gasteiger partial charge >= 0.3 is 0 Å². The van der Waals surface area contributed by atoms with Crippen LogP contribution in [0, 0.1) is 12.8 Å². The molecule has 0 aliphatic heterocycles. The van der Waals surface area contributed by atoms with E-state index >= 15 is 0 Å². The fraction of sp³-hybridized carbons (Fsp3) is 0.375. The number of aryl methyl sites for hydroxylation is 1. The summed E-state index contributed by atoms with van der Waals surface area (Å²) >= 11 is 7.53. The molecule has 1 amide bonds. The first-order chi connectivity index (χ1) is 10.1. The molecule has 1 saturated carbocycles. The van der Waals surface area contributed by atoms with E-state index in [1.54, 1.807) is 11.3 Å². The van der Waals surface area contributed by atoms with Gasteiger partial charge in [0, 0.05) is 35.0 Å². The van der Waals surface area contributed by atoms with Crippen LogP contribution in [0.15, 0.2) is 29.6 Å². The summed E-state index contributed by atoms with van der Waals surface area (Å²) < 4.78 is 0. The number of hydrogen-bond acceptors (Lipinski definition) is 3. The highest BCUT2D eigenvalue weighted by Crippen LogP contribution is 2.47. The maximum atomic E-state index is 12.1. The summed E-state index contributed by atoms with van der Waals surface area (Å²) in [5.74, 6) is 0.622. The summed E-state index contributed by atoms with van der Waals surface area (Å²) in [5, 5.41) is 6.87. The lowest BCUT2D eigenvalue weighted by Gasteiger charge is -2.04. The Kier molecular flexibility index (Phi) is 4.27. The zero-order chi connectivity index (χ0) is 14.8. The van der Waals surface area contributed by atoms with Crippen molar-refractivity contribution in [3.8, 4) is 0 Å². The Morgan fingerprint density at radius 3 is 2.86 bits per heavy atom. The van der Waals surface area contributed by atoms with E-state index in [2.05, 4.69) is 10.3 Å². The maximum Gasteiger partial charge on any atom is 0.223 e. The van der Waals surface area contributed by atoms with E-state index in [4.69, 9.17) is 11.6 Å². The van der Waals surface area contributed by atoms with Gasteiger partial charge in [-0.2, -0.15) is 0 Å². The van der Waals surface area contributed by atoms with Crippen LogP contribution in [0.5, 0.6) is 0 Å². The molecule has 5 heteroatoms. The summed E-state index contributed by atoms with van der Waals surface area (Å²) in [4.78, 5) is 16.5. The number of amides is 1. The summed E-state index contributed by atoms with van der Waals surface area (Å²) in [6.45, 7) is 2.65. The normalized spacial score (nSPS) is 20.3. The minimum absolute atomic E-state index is 0.115. The van der Waals surface area contributed by atoms with E-state index in [1.807, 2.05) is 36.6 Å². The molecule has 1 N–H and O–H groups in total. The number of carbonyl (C=O) groups is 1. The van der Waals surface area contributed by atoms with Gasteiger partial charge in [0.15, 0.2) is 0 Å². The van der Waals surface area contributed by atoms with Crippen LogP contribution < -0.4 is 5.32 Å². The second-order valence-corrected chi connectivity index (χ2v) is 6.80. The van der Waals surface area contributed by atoms with Gasteiger partial charge in [-0.25, -0.2) is 4.98 Å². The molecule has 0 spiro atoms. The molecule has 110 valence electrons. The van der Waals surface area contributed by atoms with Crippen molar-refractivity contribution >= 4 is 28.8 Å². The smallest absolute Gasteiger partial charge is 0.223 e. The van der Waals surface area contributed by atoms with Crippen molar-refractivity contribution in [2.24, 2.45) is 5.92 Å². The van der Waals surface area contributed by atoms with Gasteiger partial charge in [0.25, 0.3) is 0 Å². The Bertz CT molecular complexity index is 638. The lowest BCUT2D eigenvalue weighted by Crippen LogP contribution is -2.27. The monoisotopic (exact) mass is 320 g/mol. The predicted octanol–water partition coefficient (Wildman–Crippen LogP) is 3.57. The van der Waals surface area contributed by atoms with Gasteiger partial charge in [-0.05, 0) is 37.0 Å². The SMILES string of the molecule is Cc1csc(CCNC(=O)[C@@H]2C[C@@H]2c2ccc(Cl)cc2)n1. The Labute approximate surface area is 133 Å². The summed E-state index contributed by atoms with van der Waals surface area (Å²) in [6.07, 6.45) is 1.74. The molecule has 3 rings (SSSR count). The van der Waals surface area contributed by atoms with Crippen molar-refractivity contribution in [1.29, 1.82) is 0 Å². The fourth-order valence-electron chi connectivity index (χ4n) is 2.50. The average Bonchev–Trinajstić information content (AvgIpc) is 3.16. The number of hydrogen-bond donors (Lipinski definition) is 1.